The molecule has 0 aliphatic heterocycles. The molecule has 1 unspecified atom stereocenters. The largest absolute Gasteiger partial charge is 0.497 e. The fourth-order valence-electron chi connectivity index (χ4n) is 2.17. The Morgan fingerprint density at radius 1 is 0.900 bits per heavy atom. The maximum absolute atomic E-state index is 6.14. The summed E-state index contributed by atoms with van der Waals surface area (Å²) in [6.07, 6.45) is 3.45. The molecule has 0 fully saturated rings. The van der Waals surface area contributed by atoms with Gasteiger partial charge in [-0.15, -0.1) is 0 Å². The highest BCUT2D eigenvalue weighted by Crippen LogP contribution is 2.27. The van der Waals surface area contributed by atoms with Gasteiger partial charge in [-0.1, -0.05) is 43.7 Å². The summed E-state index contributed by atoms with van der Waals surface area (Å²) in [5.41, 5.74) is 1.20. The van der Waals surface area contributed by atoms with E-state index >= 15 is 0 Å². The van der Waals surface area contributed by atoms with Crippen LogP contribution in [-0.2, 0) is 0 Å². The quantitative estimate of drug-likeness (QED) is 0.704. The molecule has 0 saturated carbocycles. The Hall–Kier alpha value is -1.96. The molecule has 0 aliphatic carbocycles. The van der Waals surface area contributed by atoms with Gasteiger partial charge in [0.25, 0.3) is 0 Å². The minimum absolute atomic E-state index is 0.100. The van der Waals surface area contributed by atoms with Crippen molar-refractivity contribution in [1.82, 2.24) is 0 Å². The fourth-order valence-corrected chi connectivity index (χ4v) is 2.17. The van der Waals surface area contributed by atoms with Gasteiger partial charge in [0.05, 0.1) is 7.11 Å². The van der Waals surface area contributed by atoms with Crippen LogP contribution >= 0.6 is 0 Å². The van der Waals surface area contributed by atoms with Gasteiger partial charge in [-0.2, -0.15) is 0 Å². The second-order valence-electron chi connectivity index (χ2n) is 4.83. The monoisotopic (exact) mass is 270 g/mol. The second kappa shape index (κ2) is 7.59. The van der Waals surface area contributed by atoms with E-state index in [1.807, 2.05) is 42.5 Å². The number of para-hydroxylation sites is 1. The van der Waals surface area contributed by atoms with Gasteiger partial charge >= 0.3 is 0 Å². The van der Waals surface area contributed by atoms with Crippen molar-refractivity contribution in [2.24, 2.45) is 0 Å². The molecule has 0 radical (unpaired) electrons. The molecular formula is C18H22O2. The van der Waals surface area contributed by atoms with Crippen molar-refractivity contribution in [1.29, 1.82) is 0 Å². The average Bonchev–Trinajstić information content (AvgIpc) is 2.52. The number of benzene rings is 2. The lowest BCUT2D eigenvalue weighted by Crippen LogP contribution is -2.07. The van der Waals surface area contributed by atoms with Crippen molar-refractivity contribution in [2.75, 3.05) is 7.11 Å². The second-order valence-corrected chi connectivity index (χ2v) is 4.83. The fraction of sp³-hybridized carbons (Fsp3) is 0.333. The van der Waals surface area contributed by atoms with Gasteiger partial charge in [-0.05, 0) is 42.7 Å². The Balaban J connectivity index is 2.13. The van der Waals surface area contributed by atoms with Crippen LogP contribution in [0.3, 0.4) is 0 Å². The van der Waals surface area contributed by atoms with Crippen molar-refractivity contribution >= 4 is 0 Å². The van der Waals surface area contributed by atoms with Gasteiger partial charge in [-0.25, -0.2) is 0 Å². The molecule has 0 bridgehead atoms. The standard InChI is InChI=1S/C18H22O2/c1-3-4-10-18(20-17-8-6-5-7-9-17)15-11-13-16(19-2)14-12-15/h5-9,11-14,18H,3-4,10H2,1-2H3. The first-order valence-corrected chi connectivity index (χ1v) is 7.19. The molecule has 0 N–H and O–H groups in total. The molecule has 0 amide bonds. The summed E-state index contributed by atoms with van der Waals surface area (Å²) >= 11 is 0. The van der Waals surface area contributed by atoms with Crippen LogP contribution in [0.5, 0.6) is 11.5 Å². The van der Waals surface area contributed by atoms with E-state index in [9.17, 15) is 0 Å². The highest BCUT2D eigenvalue weighted by molar-refractivity contribution is 5.30. The van der Waals surface area contributed by atoms with E-state index < -0.39 is 0 Å². The summed E-state index contributed by atoms with van der Waals surface area (Å²) < 4.78 is 11.3. The lowest BCUT2D eigenvalue weighted by molar-refractivity contribution is 0.191. The Bertz CT molecular complexity index is 491. The third kappa shape index (κ3) is 4.02. The van der Waals surface area contributed by atoms with Crippen molar-refractivity contribution in [3.05, 3.63) is 60.2 Å². The summed E-state index contributed by atoms with van der Waals surface area (Å²) in [5.74, 6) is 1.80. The minimum Gasteiger partial charge on any atom is -0.497 e. The smallest absolute Gasteiger partial charge is 0.124 e. The van der Waals surface area contributed by atoms with Crippen molar-refractivity contribution in [3.8, 4) is 11.5 Å². The van der Waals surface area contributed by atoms with E-state index in [4.69, 9.17) is 9.47 Å². The summed E-state index contributed by atoms with van der Waals surface area (Å²) in [6.45, 7) is 2.20. The molecule has 2 heteroatoms. The number of rotatable bonds is 7. The molecule has 20 heavy (non-hydrogen) atoms. The Kier molecular flexibility index (Phi) is 5.48. The van der Waals surface area contributed by atoms with Crippen molar-refractivity contribution in [2.45, 2.75) is 32.3 Å². The van der Waals surface area contributed by atoms with Gasteiger partial charge in [-0.3, -0.25) is 0 Å². The molecule has 0 heterocycles. The zero-order chi connectivity index (χ0) is 14.2. The molecule has 2 aromatic rings. The molecule has 106 valence electrons. The highest BCUT2D eigenvalue weighted by Gasteiger charge is 2.13. The third-order valence-corrected chi connectivity index (χ3v) is 3.33. The summed E-state index contributed by atoms with van der Waals surface area (Å²) in [4.78, 5) is 0. The van der Waals surface area contributed by atoms with Gasteiger partial charge in [0.2, 0.25) is 0 Å². The van der Waals surface area contributed by atoms with Crippen LogP contribution in [0.2, 0.25) is 0 Å². The maximum atomic E-state index is 6.14. The zero-order valence-corrected chi connectivity index (χ0v) is 12.2. The van der Waals surface area contributed by atoms with E-state index in [0.29, 0.717) is 0 Å². The molecule has 2 rings (SSSR count). The molecule has 0 saturated heterocycles. The van der Waals surface area contributed by atoms with Crippen LogP contribution < -0.4 is 9.47 Å². The Labute approximate surface area is 121 Å². The van der Waals surface area contributed by atoms with Gasteiger partial charge in [0.1, 0.15) is 17.6 Å². The molecule has 0 spiro atoms. The molecule has 0 aliphatic rings. The molecule has 0 aromatic heterocycles. The normalized spacial score (nSPS) is 11.9. The van der Waals surface area contributed by atoms with Crippen LogP contribution in [-0.4, -0.2) is 7.11 Å². The predicted molar refractivity (Wildman–Crippen MR) is 82.3 cm³/mol. The number of methoxy groups -OCH3 is 1. The van der Waals surface area contributed by atoms with Crippen LogP contribution in [0.1, 0.15) is 37.9 Å². The molecule has 2 nitrogen and oxygen atoms in total. The number of ether oxygens (including phenoxy) is 2. The van der Waals surface area contributed by atoms with E-state index in [1.54, 1.807) is 7.11 Å². The number of hydrogen-bond acceptors (Lipinski definition) is 2. The zero-order valence-electron chi connectivity index (χ0n) is 12.2. The van der Waals surface area contributed by atoms with Crippen molar-refractivity contribution < 1.29 is 9.47 Å². The molecule has 1 atom stereocenters. The van der Waals surface area contributed by atoms with Crippen LogP contribution in [0.15, 0.2) is 54.6 Å². The van der Waals surface area contributed by atoms with E-state index in [2.05, 4.69) is 19.1 Å². The lowest BCUT2D eigenvalue weighted by atomic mass is 10.0. The summed E-state index contributed by atoms with van der Waals surface area (Å²) in [5, 5.41) is 0. The van der Waals surface area contributed by atoms with E-state index in [-0.39, 0.29) is 6.10 Å². The van der Waals surface area contributed by atoms with Crippen LogP contribution in [0, 0.1) is 0 Å². The molecule has 2 aromatic carbocycles. The minimum atomic E-state index is 0.100. The number of unbranched alkanes of at least 4 members (excludes halogenated alkanes) is 1. The van der Waals surface area contributed by atoms with E-state index in [0.717, 1.165) is 24.3 Å². The first-order chi connectivity index (χ1) is 9.83. The van der Waals surface area contributed by atoms with E-state index in [1.165, 1.54) is 12.0 Å². The lowest BCUT2D eigenvalue weighted by Gasteiger charge is -2.19. The third-order valence-electron chi connectivity index (χ3n) is 3.33. The SMILES string of the molecule is CCCCC(Oc1ccccc1)c1ccc(OC)cc1. The Morgan fingerprint density at radius 3 is 2.20 bits per heavy atom. The first-order valence-electron chi connectivity index (χ1n) is 7.19. The number of hydrogen-bond donors (Lipinski definition) is 0. The average molecular weight is 270 g/mol. The highest BCUT2D eigenvalue weighted by atomic mass is 16.5. The van der Waals surface area contributed by atoms with Crippen LogP contribution in [0.25, 0.3) is 0 Å². The topological polar surface area (TPSA) is 18.5 Å². The van der Waals surface area contributed by atoms with Crippen LogP contribution in [0.4, 0.5) is 0 Å². The first kappa shape index (κ1) is 14.4. The summed E-state index contributed by atoms with van der Waals surface area (Å²) in [7, 11) is 1.68. The van der Waals surface area contributed by atoms with Crippen molar-refractivity contribution in [3.63, 3.8) is 0 Å². The predicted octanol–water partition coefficient (Wildman–Crippen LogP) is 5.01. The van der Waals surface area contributed by atoms with Gasteiger partial charge in [0, 0.05) is 0 Å². The Morgan fingerprint density at radius 2 is 1.60 bits per heavy atom. The van der Waals surface area contributed by atoms with Gasteiger partial charge < -0.3 is 9.47 Å². The molecular weight excluding hydrogens is 248 g/mol. The maximum Gasteiger partial charge on any atom is 0.124 e. The van der Waals surface area contributed by atoms with Gasteiger partial charge in [0.15, 0.2) is 0 Å². The summed E-state index contributed by atoms with van der Waals surface area (Å²) in [6, 6.07) is 18.2.